The van der Waals surface area contributed by atoms with Crippen LogP contribution in [0.4, 0.5) is 5.82 Å². The van der Waals surface area contributed by atoms with Crippen molar-refractivity contribution in [2.24, 2.45) is 0 Å². The number of rotatable bonds is 6. The van der Waals surface area contributed by atoms with E-state index in [-0.39, 0.29) is 5.91 Å². The molecule has 33 heavy (non-hydrogen) atoms. The normalized spacial score (nSPS) is 11.0. The van der Waals surface area contributed by atoms with Gasteiger partial charge < -0.3 is 4.74 Å². The van der Waals surface area contributed by atoms with Crippen LogP contribution in [-0.2, 0) is 6.54 Å². The third-order valence-corrected chi connectivity index (χ3v) is 6.64. The number of methoxy groups -OCH3 is 1. The number of hydrogen-bond acceptors (Lipinski definition) is 5. The summed E-state index contributed by atoms with van der Waals surface area (Å²) in [6.45, 7) is 2.39. The fourth-order valence-electron chi connectivity index (χ4n) is 3.71. The smallest absolute Gasteiger partial charge is 0.271 e. The fourth-order valence-corrected chi connectivity index (χ4v) is 4.77. The van der Waals surface area contributed by atoms with Crippen molar-refractivity contribution < 1.29 is 9.53 Å². The first-order chi connectivity index (χ1) is 16.1. The van der Waals surface area contributed by atoms with Crippen LogP contribution in [0, 0.1) is 6.92 Å². The van der Waals surface area contributed by atoms with E-state index in [1.807, 2.05) is 90.3 Å². The van der Waals surface area contributed by atoms with Gasteiger partial charge in [0, 0.05) is 23.7 Å². The molecule has 7 heteroatoms. The predicted molar refractivity (Wildman–Crippen MR) is 131 cm³/mol. The Labute approximate surface area is 195 Å². The summed E-state index contributed by atoms with van der Waals surface area (Å²) in [5.74, 6) is 1.34. The average Bonchev–Trinajstić information content (AvgIpc) is 3.43. The van der Waals surface area contributed by atoms with Crippen molar-refractivity contribution >= 4 is 28.0 Å². The van der Waals surface area contributed by atoms with Gasteiger partial charge in [-0.15, -0.1) is 0 Å². The van der Waals surface area contributed by atoms with E-state index in [1.54, 1.807) is 18.2 Å². The number of carbonyl (C=O) groups is 1. The van der Waals surface area contributed by atoms with Crippen LogP contribution in [0.3, 0.4) is 0 Å². The largest absolute Gasteiger partial charge is 0.497 e. The first kappa shape index (κ1) is 20.9. The van der Waals surface area contributed by atoms with Gasteiger partial charge in [0.2, 0.25) is 0 Å². The van der Waals surface area contributed by atoms with E-state index in [4.69, 9.17) is 9.72 Å². The number of pyridine rings is 1. The van der Waals surface area contributed by atoms with Crippen LogP contribution in [0.5, 0.6) is 5.75 Å². The summed E-state index contributed by atoms with van der Waals surface area (Å²) >= 11 is 1.40. The highest BCUT2D eigenvalue weighted by molar-refractivity contribution is 7.19. The van der Waals surface area contributed by atoms with Crippen LogP contribution in [-0.4, -0.2) is 27.4 Å². The van der Waals surface area contributed by atoms with Gasteiger partial charge in [-0.3, -0.25) is 14.1 Å². The maximum Gasteiger partial charge on any atom is 0.271 e. The summed E-state index contributed by atoms with van der Waals surface area (Å²) in [5.41, 5.74) is 3.76. The van der Waals surface area contributed by atoms with E-state index in [1.165, 1.54) is 11.3 Å². The molecule has 0 saturated carbocycles. The molecule has 0 aliphatic carbocycles. The van der Waals surface area contributed by atoms with E-state index in [0.29, 0.717) is 17.2 Å². The zero-order chi connectivity index (χ0) is 22.8. The SMILES string of the molecule is COc1ccc(-c2cn3c(C)c(C(=O)N(Cc4ccccc4)c4ccccn4)sc3n2)cc1. The lowest BCUT2D eigenvalue weighted by atomic mass is 10.1. The lowest BCUT2D eigenvalue weighted by molar-refractivity contribution is 0.0987. The molecule has 0 aliphatic rings. The first-order valence-electron chi connectivity index (χ1n) is 10.5. The highest BCUT2D eigenvalue weighted by Gasteiger charge is 2.25. The molecule has 0 N–H and O–H groups in total. The second kappa shape index (κ2) is 8.88. The van der Waals surface area contributed by atoms with Gasteiger partial charge in [-0.25, -0.2) is 9.97 Å². The Kier molecular flexibility index (Phi) is 5.62. The van der Waals surface area contributed by atoms with Gasteiger partial charge >= 0.3 is 0 Å². The zero-order valence-electron chi connectivity index (χ0n) is 18.3. The summed E-state index contributed by atoms with van der Waals surface area (Å²) in [6, 6.07) is 23.3. The van der Waals surface area contributed by atoms with Gasteiger partial charge in [0.25, 0.3) is 5.91 Å². The number of thiazole rings is 1. The van der Waals surface area contributed by atoms with Crippen molar-refractivity contribution in [1.29, 1.82) is 0 Å². The Morgan fingerprint density at radius 2 is 1.79 bits per heavy atom. The number of benzene rings is 2. The van der Waals surface area contributed by atoms with E-state index < -0.39 is 0 Å². The molecule has 0 aliphatic heterocycles. The molecule has 3 aromatic heterocycles. The van der Waals surface area contributed by atoms with E-state index in [0.717, 1.165) is 33.2 Å². The number of aromatic nitrogens is 3. The number of imidazole rings is 1. The molecule has 0 spiro atoms. The number of anilines is 1. The first-order valence-corrected chi connectivity index (χ1v) is 11.4. The lowest BCUT2D eigenvalue weighted by Gasteiger charge is -2.21. The van der Waals surface area contributed by atoms with Crippen molar-refractivity contribution in [2.75, 3.05) is 12.0 Å². The molecule has 0 atom stereocenters. The summed E-state index contributed by atoms with van der Waals surface area (Å²) in [5, 5.41) is 0. The summed E-state index contributed by atoms with van der Waals surface area (Å²) < 4.78 is 7.22. The topological polar surface area (TPSA) is 59.7 Å². The fraction of sp³-hybridized carbons (Fsp3) is 0.115. The average molecular weight is 455 g/mol. The number of aryl methyl sites for hydroxylation is 1. The van der Waals surface area contributed by atoms with Gasteiger partial charge in [-0.05, 0) is 48.9 Å². The minimum Gasteiger partial charge on any atom is -0.497 e. The standard InChI is InChI=1S/C26H22N4O2S/c1-18-24(33-26-28-22(17-29(18)26)20-11-13-21(32-2)14-12-20)25(31)30(23-10-6-7-15-27-23)16-19-8-4-3-5-9-19/h3-15,17H,16H2,1-2H3. The number of amides is 1. The number of hydrogen-bond donors (Lipinski definition) is 0. The number of nitrogens with zero attached hydrogens (tertiary/aromatic N) is 4. The molecule has 0 saturated heterocycles. The Bertz CT molecular complexity index is 1390. The molecule has 1 amide bonds. The Morgan fingerprint density at radius 3 is 2.45 bits per heavy atom. The molecular weight excluding hydrogens is 432 g/mol. The van der Waals surface area contributed by atoms with Crippen LogP contribution in [0.1, 0.15) is 20.9 Å². The van der Waals surface area contributed by atoms with Gasteiger partial charge in [-0.1, -0.05) is 47.7 Å². The molecule has 164 valence electrons. The summed E-state index contributed by atoms with van der Waals surface area (Å²) in [7, 11) is 1.65. The maximum atomic E-state index is 13.7. The van der Waals surface area contributed by atoms with Gasteiger partial charge in [0.05, 0.1) is 19.3 Å². The van der Waals surface area contributed by atoms with Crippen LogP contribution >= 0.6 is 11.3 Å². The third-order valence-electron chi connectivity index (χ3n) is 5.49. The van der Waals surface area contributed by atoms with Crippen LogP contribution in [0.2, 0.25) is 0 Å². The Hall–Kier alpha value is -3.97. The van der Waals surface area contributed by atoms with Gasteiger partial charge in [0.1, 0.15) is 16.4 Å². The maximum absolute atomic E-state index is 13.7. The second-order valence-corrected chi connectivity index (χ2v) is 8.57. The minimum atomic E-state index is -0.0865. The van der Waals surface area contributed by atoms with E-state index in [9.17, 15) is 4.79 Å². The molecule has 2 aromatic carbocycles. The number of fused-ring (bicyclic) bond motifs is 1. The summed E-state index contributed by atoms with van der Waals surface area (Å²) in [4.78, 5) is 26.1. The molecule has 5 rings (SSSR count). The van der Waals surface area contributed by atoms with Crippen LogP contribution < -0.4 is 9.64 Å². The monoisotopic (exact) mass is 454 g/mol. The molecule has 0 bridgehead atoms. The van der Waals surface area contributed by atoms with Crippen molar-refractivity contribution in [1.82, 2.24) is 14.4 Å². The van der Waals surface area contributed by atoms with Crippen molar-refractivity contribution in [2.45, 2.75) is 13.5 Å². The number of carbonyl (C=O) groups excluding carboxylic acids is 1. The minimum absolute atomic E-state index is 0.0865. The quantitative estimate of drug-likeness (QED) is 0.334. The zero-order valence-corrected chi connectivity index (χ0v) is 19.1. The van der Waals surface area contributed by atoms with Crippen molar-refractivity contribution in [3.63, 3.8) is 0 Å². The molecular formula is C26H22N4O2S. The molecule has 0 unspecified atom stereocenters. The van der Waals surface area contributed by atoms with Crippen molar-refractivity contribution in [3.8, 4) is 17.0 Å². The molecule has 6 nitrogen and oxygen atoms in total. The van der Waals surface area contributed by atoms with E-state index >= 15 is 0 Å². The molecule has 5 aromatic rings. The highest BCUT2D eigenvalue weighted by atomic mass is 32.1. The summed E-state index contributed by atoms with van der Waals surface area (Å²) in [6.07, 6.45) is 3.68. The third kappa shape index (κ3) is 4.10. The molecule has 0 fully saturated rings. The van der Waals surface area contributed by atoms with Gasteiger partial charge in [-0.2, -0.15) is 0 Å². The van der Waals surface area contributed by atoms with Crippen molar-refractivity contribution in [3.05, 3.63) is 101 Å². The molecule has 3 heterocycles. The Balaban J connectivity index is 1.50. The lowest BCUT2D eigenvalue weighted by Crippen LogP contribution is -2.31. The molecule has 0 radical (unpaired) electrons. The predicted octanol–water partition coefficient (Wildman–Crippen LogP) is 5.62. The van der Waals surface area contributed by atoms with Crippen LogP contribution in [0.15, 0.2) is 85.2 Å². The number of ether oxygens (including phenoxy) is 1. The van der Waals surface area contributed by atoms with E-state index in [2.05, 4.69) is 4.98 Å². The van der Waals surface area contributed by atoms with Crippen LogP contribution in [0.25, 0.3) is 16.2 Å². The second-order valence-electron chi connectivity index (χ2n) is 7.59. The van der Waals surface area contributed by atoms with Gasteiger partial charge in [0.15, 0.2) is 4.96 Å². The Morgan fingerprint density at radius 1 is 1.03 bits per heavy atom. The highest BCUT2D eigenvalue weighted by Crippen LogP contribution is 2.30.